The lowest BCUT2D eigenvalue weighted by Crippen LogP contribution is -2.48. The van der Waals surface area contributed by atoms with Gasteiger partial charge in [0.2, 0.25) is 0 Å². The molecule has 90 valence electrons. The van der Waals surface area contributed by atoms with Gasteiger partial charge in [0.15, 0.2) is 0 Å². The third kappa shape index (κ3) is 2.84. The van der Waals surface area contributed by atoms with Crippen molar-refractivity contribution < 1.29 is 4.79 Å². The average Bonchev–Trinajstić information content (AvgIpc) is 2.63. The predicted molar refractivity (Wildman–Crippen MR) is 64.2 cm³/mol. The van der Waals surface area contributed by atoms with Gasteiger partial charge in [-0.3, -0.25) is 9.48 Å². The Bertz CT molecular complexity index is 368. The number of aryl methyl sites for hydroxylation is 1. The van der Waals surface area contributed by atoms with Gasteiger partial charge in [0.1, 0.15) is 0 Å². The number of aromatic nitrogens is 2. The van der Waals surface area contributed by atoms with Crippen LogP contribution in [0, 0.1) is 5.92 Å². The normalized spacial score (nSPS) is 13.6. The maximum Gasteiger partial charge on any atom is 0.254 e. The van der Waals surface area contributed by atoms with Crippen LogP contribution in [-0.2, 0) is 7.05 Å². The molecule has 16 heavy (non-hydrogen) atoms. The highest BCUT2D eigenvalue weighted by Gasteiger charge is 2.26. The summed E-state index contributed by atoms with van der Waals surface area (Å²) in [6.45, 7) is 8.37. The fraction of sp³-hybridized carbons (Fsp3) is 0.667. The van der Waals surface area contributed by atoms with Crippen molar-refractivity contribution in [2.45, 2.75) is 39.7 Å². The summed E-state index contributed by atoms with van der Waals surface area (Å²) in [4.78, 5) is 11.9. The molecule has 1 aromatic rings. The van der Waals surface area contributed by atoms with Gasteiger partial charge in [0, 0.05) is 18.8 Å². The Morgan fingerprint density at radius 2 is 2.25 bits per heavy atom. The highest BCUT2D eigenvalue weighted by molar-refractivity contribution is 5.94. The monoisotopic (exact) mass is 223 g/mol. The minimum Gasteiger partial charge on any atom is -0.347 e. The highest BCUT2D eigenvalue weighted by Crippen LogP contribution is 2.19. The second-order valence-corrected chi connectivity index (χ2v) is 4.89. The van der Waals surface area contributed by atoms with Crippen LogP contribution in [0.5, 0.6) is 0 Å². The summed E-state index contributed by atoms with van der Waals surface area (Å²) in [6.07, 6.45) is 4.35. The summed E-state index contributed by atoms with van der Waals surface area (Å²) in [5.41, 5.74) is 0.417. The van der Waals surface area contributed by atoms with Crippen LogP contribution in [0.2, 0.25) is 0 Å². The van der Waals surface area contributed by atoms with E-state index in [2.05, 4.69) is 38.1 Å². The molecule has 1 N–H and O–H groups in total. The molecule has 4 heteroatoms. The second-order valence-electron chi connectivity index (χ2n) is 4.89. The second kappa shape index (κ2) is 4.68. The van der Waals surface area contributed by atoms with Crippen LogP contribution in [0.15, 0.2) is 12.4 Å². The number of carbonyl (C=O) groups excluding carboxylic acids is 1. The minimum absolute atomic E-state index is 0.0570. The van der Waals surface area contributed by atoms with Crippen LogP contribution in [0.4, 0.5) is 0 Å². The zero-order valence-corrected chi connectivity index (χ0v) is 10.7. The fourth-order valence-corrected chi connectivity index (χ4v) is 1.54. The largest absolute Gasteiger partial charge is 0.347 e. The van der Waals surface area contributed by atoms with Gasteiger partial charge < -0.3 is 5.32 Å². The van der Waals surface area contributed by atoms with E-state index in [0.717, 1.165) is 6.42 Å². The van der Waals surface area contributed by atoms with Gasteiger partial charge >= 0.3 is 0 Å². The van der Waals surface area contributed by atoms with E-state index < -0.39 is 0 Å². The quantitative estimate of drug-likeness (QED) is 0.848. The van der Waals surface area contributed by atoms with E-state index >= 15 is 0 Å². The van der Waals surface area contributed by atoms with Crippen LogP contribution in [0.3, 0.4) is 0 Å². The molecule has 1 aromatic heterocycles. The molecule has 0 aliphatic rings. The molecule has 4 nitrogen and oxygen atoms in total. The van der Waals surface area contributed by atoms with E-state index in [1.807, 2.05) is 0 Å². The van der Waals surface area contributed by atoms with Crippen LogP contribution < -0.4 is 5.32 Å². The Labute approximate surface area is 97.0 Å². The average molecular weight is 223 g/mol. The molecule has 1 unspecified atom stereocenters. The molecule has 1 rings (SSSR count). The first kappa shape index (κ1) is 12.7. The van der Waals surface area contributed by atoms with Gasteiger partial charge in [-0.2, -0.15) is 5.10 Å². The topological polar surface area (TPSA) is 46.9 Å². The van der Waals surface area contributed by atoms with Gasteiger partial charge in [-0.15, -0.1) is 0 Å². The van der Waals surface area contributed by atoms with E-state index in [-0.39, 0.29) is 11.4 Å². The summed E-state index contributed by atoms with van der Waals surface area (Å²) in [6, 6.07) is 0. The van der Waals surface area contributed by atoms with Gasteiger partial charge in [-0.05, 0) is 19.8 Å². The summed E-state index contributed by atoms with van der Waals surface area (Å²) in [7, 11) is 1.80. The molecule has 0 saturated heterocycles. The van der Waals surface area contributed by atoms with E-state index in [4.69, 9.17) is 0 Å². The van der Waals surface area contributed by atoms with Crippen LogP contribution in [0.1, 0.15) is 44.5 Å². The van der Waals surface area contributed by atoms with Gasteiger partial charge in [0.25, 0.3) is 5.91 Å². The minimum atomic E-state index is -0.193. The van der Waals surface area contributed by atoms with Crippen molar-refractivity contribution in [3.8, 4) is 0 Å². The molecule has 0 radical (unpaired) electrons. The maximum absolute atomic E-state index is 11.9. The first-order chi connectivity index (χ1) is 7.36. The Balaban J connectivity index is 2.71. The van der Waals surface area contributed by atoms with E-state index in [0.29, 0.717) is 11.5 Å². The van der Waals surface area contributed by atoms with Crippen molar-refractivity contribution in [2.75, 3.05) is 0 Å². The van der Waals surface area contributed by atoms with E-state index in [9.17, 15) is 4.79 Å². The Morgan fingerprint density at radius 3 is 2.69 bits per heavy atom. The molecule has 0 spiro atoms. The van der Waals surface area contributed by atoms with Gasteiger partial charge in [0.05, 0.1) is 11.8 Å². The number of nitrogens with one attached hydrogen (secondary N) is 1. The lowest BCUT2D eigenvalue weighted by Gasteiger charge is -2.32. The molecule has 1 atom stereocenters. The lowest BCUT2D eigenvalue weighted by molar-refractivity contribution is 0.0884. The van der Waals surface area contributed by atoms with Crippen LogP contribution in [0.25, 0.3) is 0 Å². The van der Waals surface area contributed by atoms with Crippen LogP contribution in [-0.4, -0.2) is 21.2 Å². The molecular formula is C12H21N3O. The summed E-state index contributed by atoms with van der Waals surface area (Å²) < 4.78 is 1.63. The molecule has 1 heterocycles. The third-order valence-corrected chi connectivity index (χ3v) is 3.25. The third-order valence-electron chi connectivity index (χ3n) is 3.25. The zero-order chi connectivity index (χ0) is 12.3. The summed E-state index contributed by atoms with van der Waals surface area (Å²) in [5, 5.41) is 7.03. The Morgan fingerprint density at radius 1 is 1.62 bits per heavy atom. The first-order valence-corrected chi connectivity index (χ1v) is 5.68. The molecule has 1 amide bonds. The zero-order valence-electron chi connectivity index (χ0n) is 10.7. The predicted octanol–water partition coefficient (Wildman–Crippen LogP) is 1.97. The lowest BCUT2D eigenvalue weighted by atomic mass is 9.87. The van der Waals surface area contributed by atoms with Crippen molar-refractivity contribution in [2.24, 2.45) is 13.0 Å². The summed E-state index contributed by atoms with van der Waals surface area (Å²) in [5.74, 6) is 0.381. The molecule has 0 aliphatic carbocycles. The molecule has 0 saturated carbocycles. The Kier molecular flexibility index (Phi) is 3.73. The standard InChI is InChI=1S/C12H21N3O/c1-6-9(2)12(3,4)14-11(16)10-7-13-15(5)8-10/h7-9H,6H2,1-5H3,(H,14,16). The smallest absolute Gasteiger partial charge is 0.254 e. The number of hydrogen-bond acceptors (Lipinski definition) is 2. The van der Waals surface area contributed by atoms with Crippen molar-refractivity contribution >= 4 is 5.91 Å². The van der Waals surface area contributed by atoms with Gasteiger partial charge in [-0.25, -0.2) is 0 Å². The molecular weight excluding hydrogens is 202 g/mol. The number of carbonyl (C=O) groups is 1. The SMILES string of the molecule is CCC(C)C(C)(C)NC(=O)c1cnn(C)c1. The maximum atomic E-state index is 11.9. The summed E-state index contributed by atoms with van der Waals surface area (Å²) >= 11 is 0. The van der Waals surface area contributed by atoms with Crippen LogP contribution >= 0.6 is 0 Å². The van der Waals surface area contributed by atoms with E-state index in [1.54, 1.807) is 24.1 Å². The molecule has 0 aliphatic heterocycles. The molecule has 0 bridgehead atoms. The number of hydrogen-bond donors (Lipinski definition) is 1. The number of amides is 1. The van der Waals surface area contributed by atoms with Crippen molar-refractivity contribution in [3.05, 3.63) is 18.0 Å². The Hall–Kier alpha value is -1.32. The van der Waals surface area contributed by atoms with E-state index in [1.165, 1.54) is 0 Å². The van der Waals surface area contributed by atoms with Crippen molar-refractivity contribution in [1.82, 2.24) is 15.1 Å². The number of nitrogens with zero attached hydrogens (tertiary/aromatic N) is 2. The van der Waals surface area contributed by atoms with Crippen molar-refractivity contribution in [3.63, 3.8) is 0 Å². The van der Waals surface area contributed by atoms with Gasteiger partial charge in [-0.1, -0.05) is 20.3 Å². The number of rotatable bonds is 4. The fourth-order valence-electron chi connectivity index (χ4n) is 1.54. The molecule has 0 aromatic carbocycles. The highest BCUT2D eigenvalue weighted by atomic mass is 16.1. The first-order valence-electron chi connectivity index (χ1n) is 5.68. The van der Waals surface area contributed by atoms with Crippen molar-refractivity contribution in [1.29, 1.82) is 0 Å². The molecule has 0 fully saturated rings.